The van der Waals surface area contributed by atoms with Crippen molar-refractivity contribution in [1.29, 1.82) is 0 Å². The molecule has 2 rings (SSSR count). The molecule has 1 aromatic heterocycles. The lowest BCUT2D eigenvalue weighted by molar-refractivity contribution is 0.0320. The fourth-order valence-electron chi connectivity index (χ4n) is 1.54. The maximum Gasteiger partial charge on any atom is 0.218 e. The van der Waals surface area contributed by atoms with E-state index in [-0.39, 0.29) is 0 Å². The van der Waals surface area contributed by atoms with E-state index in [1.807, 2.05) is 0 Å². The van der Waals surface area contributed by atoms with E-state index in [1.54, 1.807) is 6.07 Å². The first-order valence-electron chi connectivity index (χ1n) is 5.35. The fraction of sp³-hybridized carbons (Fsp3) is 0.600. The van der Waals surface area contributed by atoms with E-state index in [0.29, 0.717) is 18.3 Å². The van der Waals surface area contributed by atoms with Crippen LogP contribution in [0.4, 0.5) is 5.82 Å². The van der Waals surface area contributed by atoms with Gasteiger partial charge >= 0.3 is 0 Å². The molecule has 0 bridgehead atoms. The molecule has 1 aliphatic heterocycles. The molecule has 2 heterocycles. The minimum Gasteiger partial charge on any atom is -0.476 e. The lowest BCUT2D eigenvalue weighted by Gasteiger charge is -2.26. The third-order valence-electron chi connectivity index (χ3n) is 2.42. The predicted molar refractivity (Wildman–Crippen MR) is 59.2 cm³/mol. The van der Waals surface area contributed by atoms with Crippen molar-refractivity contribution < 1.29 is 9.47 Å². The van der Waals surface area contributed by atoms with Crippen LogP contribution in [0.15, 0.2) is 12.4 Å². The summed E-state index contributed by atoms with van der Waals surface area (Å²) >= 11 is 0. The maximum atomic E-state index is 5.52. The Morgan fingerprint density at radius 2 is 2.19 bits per heavy atom. The molecule has 0 amide bonds. The number of nitrogen functional groups attached to an aromatic ring is 1. The first kappa shape index (κ1) is 11.1. The van der Waals surface area contributed by atoms with Crippen LogP contribution in [0.1, 0.15) is 0 Å². The second kappa shape index (κ2) is 5.62. The van der Waals surface area contributed by atoms with Gasteiger partial charge in [0.25, 0.3) is 0 Å². The van der Waals surface area contributed by atoms with Crippen LogP contribution in [0, 0.1) is 0 Å². The molecule has 0 saturated carbocycles. The highest BCUT2D eigenvalue weighted by Crippen LogP contribution is 2.07. The number of nitrogens with two attached hydrogens (primary N) is 1. The van der Waals surface area contributed by atoms with Gasteiger partial charge in [0, 0.05) is 25.7 Å². The van der Waals surface area contributed by atoms with Gasteiger partial charge in [0.1, 0.15) is 18.8 Å². The van der Waals surface area contributed by atoms with Crippen molar-refractivity contribution in [1.82, 2.24) is 14.9 Å². The van der Waals surface area contributed by atoms with Crippen LogP contribution in [0.2, 0.25) is 0 Å². The zero-order valence-electron chi connectivity index (χ0n) is 9.13. The van der Waals surface area contributed by atoms with E-state index >= 15 is 0 Å². The van der Waals surface area contributed by atoms with Crippen LogP contribution in [-0.2, 0) is 4.74 Å². The van der Waals surface area contributed by atoms with Gasteiger partial charge in [-0.2, -0.15) is 0 Å². The average Bonchev–Trinajstić information content (AvgIpc) is 2.30. The van der Waals surface area contributed by atoms with Crippen molar-refractivity contribution in [3.63, 3.8) is 0 Å². The number of anilines is 1. The normalized spacial score (nSPS) is 17.2. The SMILES string of the molecule is Nc1cc(OCCN2CCOCC2)ncn1. The zero-order valence-corrected chi connectivity index (χ0v) is 9.13. The van der Waals surface area contributed by atoms with Crippen molar-refractivity contribution in [3.05, 3.63) is 12.4 Å². The van der Waals surface area contributed by atoms with E-state index in [9.17, 15) is 0 Å². The summed E-state index contributed by atoms with van der Waals surface area (Å²) in [5.74, 6) is 0.956. The minimum absolute atomic E-state index is 0.427. The summed E-state index contributed by atoms with van der Waals surface area (Å²) in [6.07, 6.45) is 1.40. The number of hydrogen-bond donors (Lipinski definition) is 1. The molecule has 0 atom stereocenters. The topological polar surface area (TPSA) is 73.5 Å². The molecule has 1 fully saturated rings. The molecule has 0 radical (unpaired) electrons. The average molecular weight is 224 g/mol. The Kier molecular flexibility index (Phi) is 3.90. The van der Waals surface area contributed by atoms with Gasteiger partial charge in [-0.05, 0) is 0 Å². The highest BCUT2D eigenvalue weighted by molar-refractivity contribution is 5.30. The summed E-state index contributed by atoms with van der Waals surface area (Å²) in [7, 11) is 0. The first-order chi connectivity index (χ1) is 7.84. The number of hydrogen-bond acceptors (Lipinski definition) is 6. The van der Waals surface area contributed by atoms with Crippen LogP contribution < -0.4 is 10.5 Å². The molecule has 0 unspecified atom stereocenters. The Bertz CT molecular complexity index is 328. The molecule has 88 valence electrons. The molecule has 1 saturated heterocycles. The summed E-state index contributed by atoms with van der Waals surface area (Å²) < 4.78 is 10.7. The van der Waals surface area contributed by atoms with Crippen molar-refractivity contribution in [2.24, 2.45) is 0 Å². The van der Waals surface area contributed by atoms with E-state index in [1.165, 1.54) is 6.33 Å². The molecule has 1 aliphatic rings. The fourth-order valence-corrected chi connectivity index (χ4v) is 1.54. The number of rotatable bonds is 4. The molecular formula is C10H16N4O2. The maximum absolute atomic E-state index is 5.52. The van der Waals surface area contributed by atoms with Crippen LogP contribution in [-0.4, -0.2) is 54.3 Å². The lowest BCUT2D eigenvalue weighted by atomic mass is 10.4. The summed E-state index contributed by atoms with van der Waals surface area (Å²) in [5.41, 5.74) is 5.52. The van der Waals surface area contributed by atoms with Gasteiger partial charge in [-0.25, -0.2) is 9.97 Å². The van der Waals surface area contributed by atoms with Crippen LogP contribution in [0.3, 0.4) is 0 Å². The van der Waals surface area contributed by atoms with Crippen molar-refractivity contribution >= 4 is 5.82 Å². The van der Waals surface area contributed by atoms with Crippen molar-refractivity contribution in [2.75, 3.05) is 45.2 Å². The van der Waals surface area contributed by atoms with E-state index in [0.717, 1.165) is 32.8 Å². The number of morpholine rings is 1. The Labute approximate surface area is 94.4 Å². The van der Waals surface area contributed by atoms with Crippen LogP contribution >= 0.6 is 0 Å². The second-order valence-electron chi connectivity index (χ2n) is 3.58. The summed E-state index contributed by atoms with van der Waals surface area (Å²) in [4.78, 5) is 10.1. The van der Waals surface area contributed by atoms with Gasteiger partial charge in [0.15, 0.2) is 0 Å². The highest BCUT2D eigenvalue weighted by Gasteiger charge is 2.09. The lowest BCUT2D eigenvalue weighted by Crippen LogP contribution is -2.38. The minimum atomic E-state index is 0.427. The number of aromatic nitrogens is 2. The second-order valence-corrected chi connectivity index (χ2v) is 3.58. The van der Waals surface area contributed by atoms with Crippen LogP contribution in [0.5, 0.6) is 5.88 Å². The monoisotopic (exact) mass is 224 g/mol. The molecule has 6 heteroatoms. The Balaban J connectivity index is 1.71. The molecule has 2 N–H and O–H groups in total. The van der Waals surface area contributed by atoms with Gasteiger partial charge < -0.3 is 15.2 Å². The number of nitrogens with zero attached hydrogens (tertiary/aromatic N) is 3. The molecule has 16 heavy (non-hydrogen) atoms. The molecule has 0 aromatic carbocycles. The Morgan fingerprint density at radius 3 is 2.94 bits per heavy atom. The molecule has 0 spiro atoms. The first-order valence-corrected chi connectivity index (χ1v) is 5.35. The molecular weight excluding hydrogens is 208 g/mol. The van der Waals surface area contributed by atoms with Gasteiger partial charge in [-0.1, -0.05) is 0 Å². The predicted octanol–water partition coefficient (Wildman–Crippen LogP) is -0.230. The van der Waals surface area contributed by atoms with E-state index in [2.05, 4.69) is 14.9 Å². The molecule has 0 aliphatic carbocycles. The summed E-state index contributed by atoms with van der Waals surface area (Å²) in [6, 6.07) is 1.62. The highest BCUT2D eigenvalue weighted by atomic mass is 16.5. The Morgan fingerprint density at radius 1 is 1.38 bits per heavy atom. The largest absolute Gasteiger partial charge is 0.476 e. The standard InChI is InChI=1S/C10H16N4O2/c11-9-7-10(13-8-12-9)16-6-3-14-1-4-15-5-2-14/h7-8H,1-6H2,(H2,11,12,13). The summed E-state index contributed by atoms with van der Waals surface area (Å²) in [6.45, 7) is 5.04. The quantitative estimate of drug-likeness (QED) is 0.761. The van der Waals surface area contributed by atoms with Gasteiger partial charge in [-0.3, -0.25) is 4.90 Å². The van der Waals surface area contributed by atoms with Crippen LogP contribution in [0.25, 0.3) is 0 Å². The molecule has 6 nitrogen and oxygen atoms in total. The summed E-state index contributed by atoms with van der Waals surface area (Å²) in [5, 5.41) is 0. The van der Waals surface area contributed by atoms with Gasteiger partial charge in [0.05, 0.1) is 13.2 Å². The third-order valence-corrected chi connectivity index (χ3v) is 2.42. The smallest absolute Gasteiger partial charge is 0.218 e. The van der Waals surface area contributed by atoms with E-state index < -0.39 is 0 Å². The van der Waals surface area contributed by atoms with Crippen molar-refractivity contribution in [3.8, 4) is 5.88 Å². The molecule has 1 aromatic rings. The van der Waals surface area contributed by atoms with E-state index in [4.69, 9.17) is 15.2 Å². The van der Waals surface area contributed by atoms with Gasteiger partial charge in [0.2, 0.25) is 5.88 Å². The van der Waals surface area contributed by atoms with Crippen molar-refractivity contribution in [2.45, 2.75) is 0 Å². The van der Waals surface area contributed by atoms with Gasteiger partial charge in [-0.15, -0.1) is 0 Å². The Hall–Kier alpha value is -1.40. The zero-order chi connectivity index (χ0) is 11.2. The number of ether oxygens (including phenoxy) is 2. The third kappa shape index (κ3) is 3.32.